The Morgan fingerprint density at radius 3 is 2.71 bits per heavy atom. The Morgan fingerprint density at radius 2 is 1.93 bits per heavy atom. The normalized spacial score (nSPS) is 11.5. The van der Waals surface area contributed by atoms with Crippen molar-refractivity contribution in [1.82, 2.24) is 19.2 Å². The van der Waals surface area contributed by atoms with E-state index in [1.54, 1.807) is 20.2 Å². The highest BCUT2D eigenvalue weighted by Crippen LogP contribution is 2.29. The van der Waals surface area contributed by atoms with Gasteiger partial charge in [-0.2, -0.15) is 0 Å². The van der Waals surface area contributed by atoms with Crippen LogP contribution in [0.3, 0.4) is 0 Å². The molecule has 0 unspecified atom stereocenters. The zero-order chi connectivity index (χ0) is 19.7. The summed E-state index contributed by atoms with van der Waals surface area (Å²) in [6.07, 6.45) is 3.96. The molecule has 0 aliphatic rings. The van der Waals surface area contributed by atoms with E-state index in [0.29, 0.717) is 28.5 Å². The molecule has 0 aliphatic heterocycles. The summed E-state index contributed by atoms with van der Waals surface area (Å²) in [6.45, 7) is 2.15. The van der Waals surface area contributed by atoms with Crippen LogP contribution in [0, 0.1) is 0 Å². The monoisotopic (exact) mass is 376 g/mol. The van der Waals surface area contributed by atoms with Gasteiger partial charge < -0.3 is 9.47 Å². The third-order valence-electron chi connectivity index (χ3n) is 4.60. The first kappa shape index (κ1) is 17.8. The van der Waals surface area contributed by atoms with E-state index in [1.807, 2.05) is 59.9 Å². The van der Waals surface area contributed by atoms with Crippen LogP contribution in [0.4, 0.5) is 0 Å². The lowest BCUT2D eigenvalue weighted by molar-refractivity contribution is 0.275. The fourth-order valence-corrected chi connectivity index (χ4v) is 3.23. The minimum Gasteiger partial charge on any atom is -0.493 e. The van der Waals surface area contributed by atoms with Gasteiger partial charge in [-0.15, -0.1) is 10.2 Å². The maximum atomic E-state index is 12.5. The van der Waals surface area contributed by atoms with Crippen molar-refractivity contribution in [2.75, 3.05) is 7.11 Å². The maximum absolute atomic E-state index is 12.5. The van der Waals surface area contributed by atoms with Crippen molar-refractivity contribution >= 4 is 22.8 Å². The average molecular weight is 376 g/mol. The van der Waals surface area contributed by atoms with E-state index in [1.165, 1.54) is 4.57 Å². The van der Waals surface area contributed by atoms with Crippen LogP contribution in [0.15, 0.2) is 53.3 Å². The molecular formula is C21H20N4O3. The number of hydrogen-bond donors (Lipinski definition) is 0. The van der Waals surface area contributed by atoms with Gasteiger partial charge in [-0.05, 0) is 36.8 Å². The topological polar surface area (TPSA) is 70.7 Å². The number of para-hydroxylation sites is 1. The summed E-state index contributed by atoms with van der Waals surface area (Å²) in [5.41, 5.74) is 1.67. The van der Waals surface area contributed by atoms with Crippen LogP contribution in [0.2, 0.25) is 0 Å². The number of aryl methyl sites for hydroxylation is 1. The largest absolute Gasteiger partial charge is 0.493 e. The number of methoxy groups -OCH3 is 1. The molecule has 2 aromatic carbocycles. The van der Waals surface area contributed by atoms with Crippen LogP contribution in [0.1, 0.15) is 18.3 Å². The molecule has 0 saturated heterocycles. The van der Waals surface area contributed by atoms with Crippen molar-refractivity contribution in [2.45, 2.75) is 13.5 Å². The van der Waals surface area contributed by atoms with E-state index in [4.69, 9.17) is 9.47 Å². The number of benzene rings is 2. The van der Waals surface area contributed by atoms with Crippen molar-refractivity contribution in [3.05, 3.63) is 70.3 Å². The van der Waals surface area contributed by atoms with Gasteiger partial charge >= 0.3 is 0 Å². The molecule has 2 aromatic heterocycles. The number of ether oxygens (including phenoxy) is 2. The first-order chi connectivity index (χ1) is 13.6. The second-order valence-corrected chi connectivity index (χ2v) is 6.33. The van der Waals surface area contributed by atoms with Crippen molar-refractivity contribution in [3.63, 3.8) is 0 Å². The predicted molar refractivity (Wildman–Crippen MR) is 108 cm³/mol. The fraction of sp³-hybridized carbons (Fsp3) is 0.190. The second kappa shape index (κ2) is 7.19. The Hall–Kier alpha value is -3.61. The molecular weight excluding hydrogens is 356 g/mol. The van der Waals surface area contributed by atoms with E-state index in [2.05, 4.69) is 10.2 Å². The van der Waals surface area contributed by atoms with Crippen molar-refractivity contribution < 1.29 is 9.47 Å². The number of hydrogen-bond acceptors (Lipinski definition) is 5. The third-order valence-corrected chi connectivity index (χ3v) is 4.60. The smallest absolute Gasteiger partial charge is 0.262 e. The van der Waals surface area contributed by atoms with Crippen LogP contribution in [-0.4, -0.2) is 26.3 Å². The van der Waals surface area contributed by atoms with Gasteiger partial charge in [0.2, 0.25) is 5.78 Å². The summed E-state index contributed by atoms with van der Waals surface area (Å²) in [7, 11) is 3.30. The highest BCUT2D eigenvalue weighted by molar-refractivity contribution is 5.80. The van der Waals surface area contributed by atoms with Crippen molar-refractivity contribution in [2.24, 2.45) is 7.05 Å². The lowest BCUT2D eigenvalue weighted by Gasteiger charge is -2.12. The number of rotatable bonds is 5. The molecule has 0 amide bonds. The van der Waals surface area contributed by atoms with Gasteiger partial charge in [0.15, 0.2) is 17.3 Å². The molecule has 7 heteroatoms. The van der Waals surface area contributed by atoms with Gasteiger partial charge in [-0.25, -0.2) is 0 Å². The molecule has 0 radical (unpaired) electrons. The summed E-state index contributed by atoms with van der Waals surface area (Å²) in [5, 5.41) is 9.02. The van der Waals surface area contributed by atoms with Crippen LogP contribution < -0.4 is 15.0 Å². The van der Waals surface area contributed by atoms with Crippen molar-refractivity contribution in [3.8, 4) is 11.5 Å². The first-order valence-corrected chi connectivity index (χ1v) is 8.89. The number of nitrogens with zero attached hydrogens (tertiary/aromatic N) is 4. The predicted octanol–water partition coefficient (Wildman–Crippen LogP) is 3.20. The van der Waals surface area contributed by atoms with Crippen LogP contribution in [0.25, 0.3) is 22.8 Å². The molecule has 0 bridgehead atoms. The lowest BCUT2D eigenvalue weighted by atomic mass is 10.2. The molecule has 0 saturated carbocycles. The Labute approximate surface area is 161 Å². The number of fused-ring (bicyclic) bond motifs is 3. The third kappa shape index (κ3) is 2.90. The second-order valence-electron chi connectivity index (χ2n) is 6.33. The molecule has 2 heterocycles. The van der Waals surface area contributed by atoms with Gasteiger partial charge in [0.1, 0.15) is 6.61 Å². The maximum Gasteiger partial charge on any atom is 0.262 e. The summed E-state index contributed by atoms with van der Waals surface area (Å²) in [6, 6.07) is 13.1. The highest BCUT2D eigenvalue weighted by Gasteiger charge is 2.15. The van der Waals surface area contributed by atoms with E-state index < -0.39 is 0 Å². The molecule has 4 rings (SSSR count). The fourth-order valence-electron chi connectivity index (χ4n) is 3.23. The Morgan fingerprint density at radius 1 is 1.11 bits per heavy atom. The standard InChI is InChI=1S/C21H20N4O3/c1-4-7-14-10-11-17(18(12-14)27-3)28-13-19-22-23-21-24(2)20(26)15-8-5-6-9-16(15)25(19)21/h4-12H,13H2,1-3H3. The van der Waals surface area contributed by atoms with Gasteiger partial charge in [0.25, 0.3) is 5.56 Å². The molecule has 142 valence electrons. The van der Waals surface area contributed by atoms with Gasteiger partial charge in [-0.3, -0.25) is 13.8 Å². The molecule has 28 heavy (non-hydrogen) atoms. The Bertz CT molecular complexity index is 1250. The average Bonchev–Trinajstić information content (AvgIpc) is 3.15. The zero-order valence-electron chi connectivity index (χ0n) is 15.9. The lowest BCUT2D eigenvalue weighted by Crippen LogP contribution is -2.20. The van der Waals surface area contributed by atoms with Gasteiger partial charge in [0, 0.05) is 7.05 Å². The summed E-state index contributed by atoms with van der Waals surface area (Å²) in [5.74, 6) is 2.32. The molecule has 0 fully saturated rings. The minimum absolute atomic E-state index is 0.107. The molecule has 0 aliphatic carbocycles. The summed E-state index contributed by atoms with van der Waals surface area (Å²) < 4.78 is 14.8. The van der Waals surface area contributed by atoms with Crippen LogP contribution in [0.5, 0.6) is 11.5 Å². The number of allylic oxidation sites excluding steroid dienone is 1. The number of aromatic nitrogens is 4. The van der Waals surface area contributed by atoms with Gasteiger partial charge in [0.05, 0.1) is 18.0 Å². The molecule has 0 spiro atoms. The van der Waals surface area contributed by atoms with Gasteiger partial charge in [-0.1, -0.05) is 30.4 Å². The van der Waals surface area contributed by atoms with Crippen LogP contribution >= 0.6 is 0 Å². The molecule has 4 aromatic rings. The summed E-state index contributed by atoms with van der Waals surface area (Å²) in [4.78, 5) is 12.5. The Balaban J connectivity index is 1.75. The van der Waals surface area contributed by atoms with E-state index in [-0.39, 0.29) is 12.2 Å². The van der Waals surface area contributed by atoms with Crippen LogP contribution in [-0.2, 0) is 13.7 Å². The van der Waals surface area contributed by atoms with E-state index >= 15 is 0 Å². The Kier molecular flexibility index (Phi) is 4.57. The SMILES string of the molecule is CC=Cc1ccc(OCc2nnc3n(C)c(=O)c4ccccc4n23)c(OC)c1. The van der Waals surface area contributed by atoms with E-state index in [0.717, 1.165) is 11.1 Å². The minimum atomic E-state index is -0.107. The summed E-state index contributed by atoms with van der Waals surface area (Å²) >= 11 is 0. The highest BCUT2D eigenvalue weighted by atomic mass is 16.5. The quantitative estimate of drug-likeness (QED) is 0.535. The zero-order valence-corrected chi connectivity index (χ0v) is 15.9. The molecule has 7 nitrogen and oxygen atoms in total. The van der Waals surface area contributed by atoms with Crippen molar-refractivity contribution in [1.29, 1.82) is 0 Å². The van der Waals surface area contributed by atoms with E-state index in [9.17, 15) is 4.79 Å². The molecule has 0 N–H and O–H groups in total. The first-order valence-electron chi connectivity index (χ1n) is 8.89. The molecule has 0 atom stereocenters.